The fourth-order valence-corrected chi connectivity index (χ4v) is 5.19. The van der Waals surface area contributed by atoms with Crippen LogP contribution in [0, 0.1) is 6.92 Å². The molecule has 0 saturated heterocycles. The number of imidazole rings is 1. The van der Waals surface area contributed by atoms with E-state index in [1.165, 1.54) is 6.92 Å². The van der Waals surface area contributed by atoms with Crippen molar-refractivity contribution in [2.24, 2.45) is 0 Å². The first-order valence-electron chi connectivity index (χ1n) is 13.1. The average Bonchev–Trinajstić information content (AvgIpc) is 3.62. The van der Waals surface area contributed by atoms with E-state index in [-0.39, 0.29) is 30.0 Å². The Kier molecular flexibility index (Phi) is 6.39. The molecular weight excluding hydrogens is 504 g/mol. The molecule has 1 aliphatic rings. The molecule has 2 aromatic heterocycles. The Morgan fingerprint density at radius 2 is 1.65 bits per heavy atom. The number of benzene rings is 3. The molecule has 3 amide bonds. The minimum atomic E-state index is -0.341. The molecule has 0 bridgehead atoms. The predicted octanol–water partition coefficient (Wildman–Crippen LogP) is 5.21. The van der Waals surface area contributed by atoms with Crippen molar-refractivity contribution in [2.45, 2.75) is 26.9 Å². The minimum Gasteiger partial charge on any atom is -0.357 e. The van der Waals surface area contributed by atoms with Crippen LogP contribution in [0.3, 0.4) is 0 Å². The predicted molar refractivity (Wildman–Crippen MR) is 154 cm³/mol. The average molecular weight is 533 g/mol. The van der Waals surface area contributed by atoms with Gasteiger partial charge in [0.1, 0.15) is 11.5 Å². The van der Waals surface area contributed by atoms with Crippen LogP contribution in [-0.4, -0.2) is 43.7 Å². The van der Waals surface area contributed by atoms with Gasteiger partial charge in [0.05, 0.1) is 12.2 Å². The SMILES string of the molecule is CC(=O)Nc1cccc2c(-c3nc(C(=O)Nc4ccc(C)cc4)c4n3CCN(C(=O)c3ccc[nH]3)C4)cccc12. The van der Waals surface area contributed by atoms with Crippen LogP contribution in [0.25, 0.3) is 22.2 Å². The van der Waals surface area contributed by atoms with E-state index in [4.69, 9.17) is 4.98 Å². The van der Waals surface area contributed by atoms with Crippen molar-refractivity contribution < 1.29 is 14.4 Å². The summed E-state index contributed by atoms with van der Waals surface area (Å²) in [5.74, 6) is 0.0146. The number of aryl methyl sites for hydroxylation is 1. The van der Waals surface area contributed by atoms with Crippen molar-refractivity contribution in [3.05, 3.63) is 102 Å². The maximum Gasteiger partial charge on any atom is 0.276 e. The van der Waals surface area contributed by atoms with Gasteiger partial charge >= 0.3 is 0 Å². The highest BCUT2D eigenvalue weighted by atomic mass is 16.2. The Hall–Kier alpha value is -5.18. The van der Waals surface area contributed by atoms with E-state index < -0.39 is 0 Å². The Morgan fingerprint density at radius 1 is 0.875 bits per heavy atom. The summed E-state index contributed by atoms with van der Waals surface area (Å²) in [6, 6.07) is 22.7. The fourth-order valence-electron chi connectivity index (χ4n) is 5.19. The van der Waals surface area contributed by atoms with Gasteiger partial charge in [0.15, 0.2) is 5.69 Å². The summed E-state index contributed by atoms with van der Waals surface area (Å²) >= 11 is 0. The summed E-state index contributed by atoms with van der Waals surface area (Å²) in [5, 5.41) is 7.64. The van der Waals surface area contributed by atoms with Crippen molar-refractivity contribution >= 4 is 39.9 Å². The molecule has 3 heterocycles. The molecule has 0 spiro atoms. The van der Waals surface area contributed by atoms with Crippen molar-refractivity contribution in [1.29, 1.82) is 0 Å². The molecule has 0 aliphatic carbocycles. The molecule has 5 aromatic rings. The summed E-state index contributed by atoms with van der Waals surface area (Å²) in [5.41, 5.74) is 4.74. The number of nitrogens with zero attached hydrogens (tertiary/aromatic N) is 3. The third-order valence-electron chi connectivity index (χ3n) is 7.12. The number of rotatable bonds is 5. The van der Waals surface area contributed by atoms with Crippen LogP contribution in [0.15, 0.2) is 79.0 Å². The highest BCUT2D eigenvalue weighted by Crippen LogP contribution is 2.35. The number of aromatic amines is 1. The van der Waals surface area contributed by atoms with Crippen LogP contribution >= 0.6 is 0 Å². The number of fused-ring (bicyclic) bond motifs is 2. The van der Waals surface area contributed by atoms with Gasteiger partial charge in [-0.15, -0.1) is 0 Å². The van der Waals surface area contributed by atoms with Gasteiger partial charge in [-0.2, -0.15) is 0 Å². The van der Waals surface area contributed by atoms with E-state index in [1.54, 1.807) is 23.2 Å². The molecule has 9 nitrogen and oxygen atoms in total. The third-order valence-corrected chi connectivity index (χ3v) is 7.12. The van der Waals surface area contributed by atoms with Gasteiger partial charge in [-0.1, -0.05) is 48.0 Å². The lowest BCUT2D eigenvalue weighted by molar-refractivity contribution is -0.114. The smallest absolute Gasteiger partial charge is 0.276 e. The standard InChI is InChI=1S/C31H28N6O3/c1-19-11-13-21(14-12-19)34-30(39)28-27-18-36(31(40)26-10-5-15-32-26)16-17-37(27)29(35-28)24-8-3-7-23-22(24)6-4-9-25(23)33-20(2)38/h3-15,32H,16-18H2,1-2H3,(H,33,38)(H,34,39). The van der Waals surface area contributed by atoms with Crippen LogP contribution in [0.5, 0.6) is 0 Å². The van der Waals surface area contributed by atoms with Gasteiger partial charge in [-0.3, -0.25) is 14.4 Å². The molecule has 3 N–H and O–H groups in total. The first kappa shape index (κ1) is 25.1. The van der Waals surface area contributed by atoms with Gasteiger partial charge in [0.25, 0.3) is 11.8 Å². The Labute approximate surface area is 230 Å². The maximum absolute atomic E-state index is 13.6. The maximum atomic E-state index is 13.6. The van der Waals surface area contributed by atoms with Crippen molar-refractivity contribution in [3.8, 4) is 11.4 Å². The monoisotopic (exact) mass is 532 g/mol. The van der Waals surface area contributed by atoms with Crippen LogP contribution in [0.4, 0.5) is 11.4 Å². The number of anilines is 2. The zero-order chi connectivity index (χ0) is 27.8. The number of hydrogen-bond donors (Lipinski definition) is 3. The minimum absolute atomic E-state index is 0.131. The molecule has 3 aromatic carbocycles. The van der Waals surface area contributed by atoms with Gasteiger partial charge in [-0.25, -0.2) is 4.98 Å². The van der Waals surface area contributed by atoms with E-state index >= 15 is 0 Å². The number of carbonyl (C=O) groups excluding carboxylic acids is 3. The number of hydrogen-bond acceptors (Lipinski definition) is 4. The summed E-state index contributed by atoms with van der Waals surface area (Å²) < 4.78 is 2.03. The second-order valence-electron chi connectivity index (χ2n) is 9.90. The summed E-state index contributed by atoms with van der Waals surface area (Å²) in [6.45, 7) is 4.65. The van der Waals surface area contributed by atoms with Gasteiger partial charge in [-0.05, 0) is 42.6 Å². The van der Waals surface area contributed by atoms with Crippen molar-refractivity contribution in [2.75, 3.05) is 17.2 Å². The number of amides is 3. The van der Waals surface area contributed by atoms with Crippen LogP contribution in [0.1, 0.15) is 39.2 Å². The van der Waals surface area contributed by atoms with Crippen molar-refractivity contribution in [3.63, 3.8) is 0 Å². The normalized spacial score (nSPS) is 12.7. The molecule has 200 valence electrons. The summed E-state index contributed by atoms with van der Waals surface area (Å²) in [7, 11) is 0. The molecule has 1 aliphatic heterocycles. The molecule has 0 unspecified atom stereocenters. The van der Waals surface area contributed by atoms with Gasteiger partial charge < -0.3 is 25.1 Å². The van der Waals surface area contributed by atoms with E-state index in [2.05, 4.69) is 15.6 Å². The Bertz CT molecular complexity index is 1750. The highest BCUT2D eigenvalue weighted by molar-refractivity contribution is 6.07. The first-order chi connectivity index (χ1) is 19.4. The molecule has 9 heteroatoms. The topological polar surface area (TPSA) is 112 Å². The highest BCUT2D eigenvalue weighted by Gasteiger charge is 2.31. The molecule has 0 fully saturated rings. The van der Waals surface area contributed by atoms with E-state index in [9.17, 15) is 14.4 Å². The molecule has 0 radical (unpaired) electrons. The summed E-state index contributed by atoms with van der Waals surface area (Å²) in [6.07, 6.45) is 1.72. The summed E-state index contributed by atoms with van der Waals surface area (Å²) in [4.78, 5) is 48.2. The molecule has 0 saturated carbocycles. The van der Waals surface area contributed by atoms with Crippen molar-refractivity contribution in [1.82, 2.24) is 19.4 Å². The fraction of sp³-hybridized carbons (Fsp3) is 0.161. The van der Waals surface area contributed by atoms with E-state index in [0.717, 1.165) is 21.9 Å². The molecule has 0 atom stereocenters. The van der Waals surface area contributed by atoms with Crippen LogP contribution in [-0.2, 0) is 17.9 Å². The molecule has 40 heavy (non-hydrogen) atoms. The number of carbonyl (C=O) groups is 3. The number of aromatic nitrogens is 3. The van der Waals surface area contributed by atoms with Gasteiger partial charge in [0.2, 0.25) is 5.91 Å². The second kappa shape index (κ2) is 10.2. The Balaban J connectivity index is 1.45. The quantitative estimate of drug-likeness (QED) is 0.289. The third kappa shape index (κ3) is 4.62. The lowest BCUT2D eigenvalue weighted by Gasteiger charge is -2.29. The lowest BCUT2D eigenvalue weighted by atomic mass is 10.0. The van der Waals surface area contributed by atoms with Crippen LogP contribution in [0.2, 0.25) is 0 Å². The lowest BCUT2D eigenvalue weighted by Crippen LogP contribution is -2.39. The largest absolute Gasteiger partial charge is 0.357 e. The zero-order valence-electron chi connectivity index (χ0n) is 22.2. The Morgan fingerprint density at radius 3 is 2.40 bits per heavy atom. The number of H-pyrrole nitrogens is 1. The molecular formula is C31H28N6O3. The first-order valence-corrected chi connectivity index (χ1v) is 13.1. The van der Waals surface area contributed by atoms with E-state index in [0.29, 0.717) is 41.7 Å². The van der Waals surface area contributed by atoms with Crippen LogP contribution < -0.4 is 10.6 Å². The second-order valence-corrected chi connectivity index (χ2v) is 9.90. The molecule has 6 rings (SSSR count). The number of nitrogens with one attached hydrogen (secondary N) is 3. The van der Waals surface area contributed by atoms with Gasteiger partial charge in [0, 0.05) is 48.5 Å². The zero-order valence-corrected chi connectivity index (χ0v) is 22.2. The van der Waals surface area contributed by atoms with E-state index in [1.807, 2.05) is 72.2 Å².